The van der Waals surface area contributed by atoms with Crippen LogP contribution >= 0.6 is 0 Å². The van der Waals surface area contributed by atoms with Crippen molar-refractivity contribution in [2.75, 3.05) is 6.61 Å². The molecule has 6 fully saturated rings. The minimum atomic E-state index is 0.660. The van der Waals surface area contributed by atoms with E-state index >= 15 is 0 Å². The first-order chi connectivity index (χ1) is 10.4. The van der Waals surface area contributed by atoms with Gasteiger partial charge in [0.2, 0.25) is 0 Å². The largest absolute Gasteiger partial charge is 0.378 e. The average molecular weight is 286 g/mol. The Balaban J connectivity index is 1.30. The van der Waals surface area contributed by atoms with Crippen LogP contribution in [0.5, 0.6) is 0 Å². The van der Waals surface area contributed by atoms with Gasteiger partial charge in [-0.2, -0.15) is 0 Å². The fourth-order valence-corrected chi connectivity index (χ4v) is 9.20. The second-order valence-electron chi connectivity index (χ2n) is 9.51. The molecule has 11 unspecified atom stereocenters. The van der Waals surface area contributed by atoms with E-state index in [-0.39, 0.29) is 0 Å². The Bertz CT molecular complexity index is 459. The summed E-state index contributed by atoms with van der Waals surface area (Å²) < 4.78 is 6.28. The van der Waals surface area contributed by atoms with Crippen LogP contribution in [-0.4, -0.2) is 12.7 Å². The average Bonchev–Trinajstić information content (AvgIpc) is 3.30. The summed E-state index contributed by atoms with van der Waals surface area (Å²) in [6.07, 6.45) is 11.3. The van der Waals surface area contributed by atoms with Gasteiger partial charge in [0.25, 0.3) is 0 Å². The van der Waals surface area contributed by atoms with Gasteiger partial charge in [0.15, 0.2) is 0 Å². The van der Waals surface area contributed by atoms with Gasteiger partial charge in [0.05, 0.1) is 6.10 Å². The monoisotopic (exact) mass is 286 g/mol. The lowest BCUT2D eigenvalue weighted by Gasteiger charge is -2.46. The normalized spacial score (nSPS) is 65.3. The van der Waals surface area contributed by atoms with Crippen LogP contribution in [0.15, 0.2) is 0 Å². The van der Waals surface area contributed by atoms with Gasteiger partial charge in [0, 0.05) is 6.61 Å². The highest BCUT2D eigenvalue weighted by Gasteiger charge is 2.71. The predicted molar refractivity (Wildman–Crippen MR) is 82.6 cm³/mol. The summed E-state index contributed by atoms with van der Waals surface area (Å²) in [7, 11) is 0. The zero-order valence-electron chi connectivity index (χ0n) is 13.4. The number of ether oxygens (including phenoxy) is 1. The maximum absolute atomic E-state index is 6.28. The molecule has 0 radical (unpaired) electrons. The van der Waals surface area contributed by atoms with Gasteiger partial charge in [-0.25, -0.2) is 0 Å². The van der Waals surface area contributed by atoms with E-state index in [4.69, 9.17) is 4.74 Å². The maximum atomic E-state index is 6.28. The van der Waals surface area contributed by atoms with Gasteiger partial charge in [-0.3, -0.25) is 0 Å². The molecule has 6 saturated carbocycles. The van der Waals surface area contributed by atoms with Gasteiger partial charge < -0.3 is 4.74 Å². The molecule has 6 aliphatic carbocycles. The second-order valence-corrected chi connectivity index (χ2v) is 9.51. The third-order valence-corrected chi connectivity index (χ3v) is 9.18. The number of hydrogen-bond acceptors (Lipinski definition) is 1. The Kier molecular flexibility index (Phi) is 2.40. The summed E-state index contributed by atoms with van der Waals surface area (Å²) in [6, 6.07) is 0. The third kappa shape index (κ3) is 1.35. The molecular formula is C20H30O. The van der Waals surface area contributed by atoms with Gasteiger partial charge in [-0.05, 0) is 104 Å². The smallest absolute Gasteiger partial charge is 0.0609 e. The van der Waals surface area contributed by atoms with Crippen molar-refractivity contribution >= 4 is 0 Å². The number of hydrogen-bond donors (Lipinski definition) is 0. The van der Waals surface area contributed by atoms with Crippen molar-refractivity contribution in [3.8, 4) is 0 Å². The number of fused-ring (bicyclic) bond motifs is 16. The highest BCUT2D eigenvalue weighted by Crippen LogP contribution is 2.76. The van der Waals surface area contributed by atoms with E-state index in [1.54, 1.807) is 32.1 Å². The lowest BCUT2D eigenvalue weighted by Crippen LogP contribution is -2.44. The molecule has 1 heteroatoms. The summed E-state index contributed by atoms with van der Waals surface area (Å²) >= 11 is 0. The standard InChI is InChI=1S/C20H30O/c1-2-5-21-16-8-12-7-13(16)20-15-9-14(19(12)20)17-10-3-4-11(6-10)18(15)17/h10-20H,2-9H2,1H3. The quantitative estimate of drug-likeness (QED) is 0.700. The van der Waals surface area contributed by atoms with Crippen molar-refractivity contribution < 1.29 is 4.74 Å². The molecule has 0 aromatic heterocycles. The van der Waals surface area contributed by atoms with Gasteiger partial charge in [0.1, 0.15) is 0 Å². The topological polar surface area (TPSA) is 9.23 Å². The molecule has 0 heterocycles. The molecule has 116 valence electrons. The molecule has 0 N–H and O–H groups in total. The molecule has 6 bridgehead atoms. The Morgan fingerprint density at radius 2 is 1.43 bits per heavy atom. The summed E-state index contributed by atoms with van der Waals surface area (Å²) in [5, 5.41) is 0. The Morgan fingerprint density at radius 1 is 0.714 bits per heavy atom. The van der Waals surface area contributed by atoms with Crippen molar-refractivity contribution in [3.05, 3.63) is 0 Å². The maximum Gasteiger partial charge on any atom is 0.0609 e. The van der Waals surface area contributed by atoms with Crippen LogP contribution in [0.25, 0.3) is 0 Å². The SMILES string of the molecule is CCCOC1CC2CC1C1C3CC(C4C5CCC(C5)C34)C21. The summed E-state index contributed by atoms with van der Waals surface area (Å²) in [6.45, 7) is 3.27. The van der Waals surface area contributed by atoms with E-state index in [0.717, 1.165) is 42.1 Å². The summed E-state index contributed by atoms with van der Waals surface area (Å²) in [4.78, 5) is 0. The van der Waals surface area contributed by atoms with Crippen LogP contribution in [0.4, 0.5) is 0 Å². The molecule has 0 aliphatic heterocycles. The lowest BCUT2D eigenvalue weighted by molar-refractivity contribution is -0.0540. The summed E-state index contributed by atoms with van der Waals surface area (Å²) in [5.74, 6) is 11.3. The second kappa shape index (κ2) is 4.08. The fourth-order valence-electron chi connectivity index (χ4n) is 9.20. The van der Waals surface area contributed by atoms with E-state index in [1.807, 2.05) is 0 Å². The van der Waals surface area contributed by atoms with Crippen LogP contribution in [0.1, 0.15) is 51.9 Å². The zero-order chi connectivity index (χ0) is 13.7. The molecule has 6 rings (SSSR count). The van der Waals surface area contributed by atoms with Crippen molar-refractivity contribution in [2.24, 2.45) is 59.2 Å². The molecule has 0 aromatic carbocycles. The van der Waals surface area contributed by atoms with Crippen molar-refractivity contribution in [1.82, 2.24) is 0 Å². The lowest BCUT2D eigenvalue weighted by atomic mass is 9.59. The molecule has 0 aromatic rings. The van der Waals surface area contributed by atoms with Gasteiger partial charge in [-0.15, -0.1) is 0 Å². The highest BCUT2D eigenvalue weighted by atomic mass is 16.5. The zero-order valence-corrected chi connectivity index (χ0v) is 13.4. The van der Waals surface area contributed by atoms with E-state index < -0.39 is 0 Å². The Hall–Kier alpha value is -0.0400. The van der Waals surface area contributed by atoms with E-state index in [9.17, 15) is 0 Å². The molecule has 11 atom stereocenters. The Labute approximate surface area is 129 Å². The fraction of sp³-hybridized carbons (Fsp3) is 1.00. The van der Waals surface area contributed by atoms with E-state index in [1.165, 1.54) is 36.5 Å². The molecule has 0 saturated heterocycles. The predicted octanol–water partition coefficient (Wildman–Crippen LogP) is 4.37. The van der Waals surface area contributed by atoms with Crippen molar-refractivity contribution in [3.63, 3.8) is 0 Å². The Morgan fingerprint density at radius 3 is 2.19 bits per heavy atom. The van der Waals surface area contributed by atoms with Crippen LogP contribution in [0, 0.1) is 59.2 Å². The van der Waals surface area contributed by atoms with Crippen LogP contribution in [0.3, 0.4) is 0 Å². The van der Waals surface area contributed by atoms with Crippen LogP contribution in [-0.2, 0) is 4.74 Å². The van der Waals surface area contributed by atoms with Gasteiger partial charge in [-0.1, -0.05) is 6.92 Å². The first kappa shape index (κ1) is 12.4. The minimum absolute atomic E-state index is 0.660. The van der Waals surface area contributed by atoms with Crippen LogP contribution < -0.4 is 0 Å². The minimum Gasteiger partial charge on any atom is -0.378 e. The molecule has 21 heavy (non-hydrogen) atoms. The highest BCUT2D eigenvalue weighted by molar-refractivity contribution is 5.19. The molecule has 0 amide bonds. The molecule has 6 aliphatic rings. The molecule has 0 spiro atoms. The van der Waals surface area contributed by atoms with Crippen molar-refractivity contribution in [1.29, 1.82) is 0 Å². The molecule has 1 nitrogen and oxygen atoms in total. The van der Waals surface area contributed by atoms with Crippen molar-refractivity contribution in [2.45, 2.75) is 58.0 Å². The van der Waals surface area contributed by atoms with Gasteiger partial charge >= 0.3 is 0 Å². The first-order valence-electron chi connectivity index (χ1n) is 9.98. The van der Waals surface area contributed by atoms with Crippen LogP contribution in [0.2, 0.25) is 0 Å². The third-order valence-electron chi connectivity index (χ3n) is 9.18. The summed E-state index contributed by atoms with van der Waals surface area (Å²) in [5.41, 5.74) is 0. The van der Waals surface area contributed by atoms with E-state index in [2.05, 4.69) is 6.92 Å². The van der Waals surface area contributed by atoms with E-state index in [0.29, 0.717) is 6.10 Å². The number of rotatable bonds is 3. The first-order valence-corrected chi connectivity index (χ1v) is 9.98. The molecular weight excluding hydrogens is 256 g/mol.